The number of nitrogens with zero attached hydrogens (tertiary/aromatic N) is 2. The van der Waals surface area contributed by atoms with Crippen molar-refractivity contribution in [3.63, 3.8) is 0 Å². The Morgan fingerprint density at radius 1 is 1.22 bits per heavy atom. The lowest BCUT2D eigenvalue weighted by atomic mass is 10.0. The van der Waals surface area contributed by atoms with Crippen molar-refractivity contribution < 1.29 is 0 Å². The number of benzene rings is 1. The van der Waals surface area contributed by atoms with Gasteiger partial charge in [-0.15, -0.1) is 0 Å². The maximum absolute atomic E-state index is 5.66. The van der Waals surface area contributed by atoms with E-state index in [9.17, 15) is 0 Å². The first-order valence-electron chi connectivity index (χ1n) is 5.68. The van der Waals surface area contributed by atoms with Crippen LogP contribution in [-0.2, 0) is 0 Å². The Kier molecular flexibility index (Phi) is 2.76. The number of rotatable bonds is 3. The van der Waals surface area contributed by atoms with Crippen molar-refractivity contribution in [3.8, 4) is 0 Å². The van der Waals surface area contributed by atoms with Crippen LogP contribution in [0, 0.1) is 0 Å². The molecule has 0 aliphatic carbocycles. The van der Waals surface area contributed by atoms with Crippen LogP contribution in [0.2, 0.25) is 0 Å². The molecule has 4 N–H and O–H groups in total. The smallest absolute Gasteiger partial charge is 0.129 e. The zero-order valence-corrected chi connectivity index (χ0v) is 9.67. The molecule has 0 aliphatic heterocycles. The van der Waals surface area contributed by atoms with Crippen LogP contribution in [0.1, 0.15) is 17.4 Å². The van der Waals surface area contributed by atoms with Gasteiger partial charge in [-0.1, -0.05) is 18.2 Å². The molecule has 2 heterocycles. The summed E-state index contributed by atoms with van der Waals surface area (Å²) < 4.78 is 0. The maximum Gasteiger partial charge on any atom is 0.129 e. The first-order chi connectivity index (χ1) is 8.90. The number of pyridine rings is 1. The average Bonchev–Trinajstić information content (AvgIpc) is 2.94. The molecule has 0 spiro atoms. The molecule has 1 aromatic carbocycles. The number of imidazole rings is 1. The van der Waals surface area contributed by atoms with Gasteiger partial charge in [0.05, 0.1) is 0 Å². The first kappa shape index (κ1) is 10.9. The fourth-order valence-electron chi connectivity index (χ4n) is 2.14. The van der Waals surface area contributed by atoms with Crippen molar-refractivity contribution in [2.45, 2.75) is 6.04 Å². The van der Waals surface area contributed by atoms with E-state index < -0.39 is 0 Å². The molecule has 0 saturated carbocycles. The van der Waals surface area contributed by atoms with Gasteiger partial charge in [0.2, 0.25) is 0 Å². The van der Waals surface area contributed by atoms with Crippen LogP contribution in [0.15, 0.2) is 49.1 Å². The third kappa shape index (κ3) is 1.75. The van der Waals surface area contributed by atoms with Gasteiger partial charge in [-0.05, 0) is 17.0 Å². The number of fused-ring (bicyclic) bond motifs is 1. The molecule has 0 radical (unpaired) electrons. The van der Waals surface area contributed by atoms with E-state index in [0.717, 1.165) is 22.2 Å². The highest BCUT2D eigenvalue weighted by Crippen LogP contribution is 2.26. The van der Waals surface area contributed by atoms with Gasteiger partial charge in [0.25, 0.3) is 0 Å². The number of H-pyrrole nitrogens is 1. The van der Waals surface area contributed by atoms with Gasteiger partial charge in [0.15, 0.2) is 0 Å². The molecule has 1 unspecified atom stereocenters. The molecule has 3 aromatic rings. The fourth-order valence-corrected chi connectivity index (χ4v) is 2.14. The van der Waals surface area contributed by atoms with Crippen LogP contribution in [0.25, 0.3) is 10.8 Å². The quantitative estimate of drug-likeness (QED) is 0.478. The summed E-state index contributed by atoms with van der Waals surface area (Å²) in [6.07, 6.45) is 7.12. The van der Waals surface area contributed by atoms with Crippen LogP contribution in [0.3, 0.4) is 0 Å². The molecule has 5 nitrogen and oxygen atoms in total. The van der Waals surface area contributed by atoms with E-state index in [1.54, 1.807) is 18.6 Å². The lowest BCUT2D eigenvalue weighted by Gasteiger charge is -2.16. The zero-order chi connectivity index (χ0) is 12.4. The molecule has 90 valence electrons. The molecule has 0 amide bonds. The highest BCUT2D eigenvalue weighted by molar-refractivity contribution is 5.85. The normalized spacial score (nSPS) is 12.7. The second-order valence-corrected chi connectivity index (χ2v) is 4.02. The molecule has 0 aliphatic rings. The summed E-state index contributed by atoms with van der Waals surface area (Å²) in [5.41, 5.74) is 3.85. The summed E-state index contributed by atoms with van der Waals surface area (Å²) in [6, 6.07) is 7.89. The molecule has 3 rings (SSSR count). The topological polar surface area (TPSA) is 79.6 Å². The molecular weight excluding hydrogens is 226 g/mol. The summed E-state index contributed by atoms with van der Waals surface area (Å²) in [5.74, 6) is 6.44. The molecular formula is C13H13N5. The van der Waals surface area contributed by atoms with Crippen molar-refractivity contribution >= 4 is 10.8 Å². The van der Waals surface area contributed by atoms with Crippen LogP contribution in [-0.4, -0.2) is 15.0 Å². The van der Waals surface area contributed by atoms with Crippen molar-refractivity contribution in [3.05, 3.63) is 60.4 Å². The maximum atomic E-state index is 5.66. The molecule has 0 fully saturated rings. The third-order valence-electron chi connectivity index (χ3n) is 2.99. The Balaban J connectivity index is 2.18. The standard InChI is InChI=1S/C13H13N5/c14-18-12(13-16-6-7-17-13)10-3-1-2-9-4-5-15-8-11(9)10/h1-8,12,18H,14H2,(H,16,17). The van der Waals surface area contributed by atoms with Crippen LogP contribution < -0.4 is 11.3 Å². The Morgan fingerprint density at radius 2 is 2.17 bits per heavy atom. The summed E-state index contributed by atoms with van der Waals surface area (Å²) in [4.78, 5) is 11.5. The van der Waals surface area contributed by atoms with E-state index in [1.165, 1.54) is 0 Å². The summed E-state index contributed by atoms with van der Waals surface area (Å²) in [6.45, 7) is 0. The predicted octanol–water partition coefficient (Wildman–Crippen LogP) is 1.51. The van der Waals surface area contributed by atoms with E-state index in [0.29, 0.717) is 0 Å². The van der Waals surface area contributed by atoms with Crippen LogP contribution >= 0.6 is 0 Å². The first-order valence-corrected chi connectivity index (χ1v) is 5.68. The number of hydrogen-bond donors (Lipinski definition) is 3. The van der Waals surface area contributed by atoms with Gasteiger partial charge >= 0.3 is 0 Å². The highest BCUT2D eigenvalue weighted by atomic mass is 15.2. The highest BCUT2D eigenvalue weighted by Gasteiger charge is 2.16. The van der Waals surface area contributed by atoms with E-state index in [2.05, 4.69) is 26.4 Å². The van der Waals surface area contributed by atoms with Crippen molar-refractivity contribution in [1.82, 2.24) is 20.4 Å². The Morgan fingerprint density at radius 3 is 2.94 bits per heavy atom. The van der Waals surface area contributed by atoms with Gasteiger partial charge < -0.3 is 4.98 Å². The van der Waals surface area contributed by atoms with E-state index in [-0.39, 0.29) is 6.04 Å². The number of aromatic amines is 1. The van der Waals surface area contributed by atoms with Gasteiger partial charge in [-0.25, -0.2) is 10.4 Å². The van der Waals surface area contributed by atoms with Gasteiger partial charge in [-0.3, -0.25) is 10.8 Å². The van der Waals surface area contributed by atoms with Crippen molar-refractivity contribution in [2.75, 3.05) is 0 Å². The monoisotopic (exact) mass is 239 g/mol. The van der Waals surface area contributed by atoms with Crippen LogP contribution in [0.4, 0.5) is 0 Å². The SMILES string of the molecule is NNC(c1ncc[nH]1)c1cccc2ccncc12. The number of hydrogen-bond acceptors (Lipinski definition) is 4. The Hall–Kier alpha value is -2.24. The molecule has 18 heavy (non-hydrogen) atoms. The van der Waals surface area contributed by atoms with Gasteiger partial charge in [0.1, 0.15) is 11.9 Å². The minimum absolute atomic E-state index is 0.173. The lowest BCUT2D eigenvalue weighted by Crippen LogP contribution is -2.29. The lowest BCUT2D eigenvalue weighted by molar-refractivity contribution is 0.611. The molecule has 2 aromatic heterocycles. The molecule has 1 atom stereocenters. The predicted molar refractivity (Wildman–Crippen MR) is 69.5 cm³/mol. The summed E-state index contributed by atoms with van der Waals surface area (Å²) >= 11 is 0. The molecule has 0 saturated heterocycles. The fraction of sp³-hybridized carbons (Fsp3) is 0.0769. The number of aromatic nitrogens is 3. The minimum Gasteiger partial charge on any atom is -0.347 e. The van der Waals surface area contributed by atoms with E-state index in [4.69, 9.17) is 5.84 Å². The van der Waals surface area contributed by atoms with Gasteiger partial charge in [0, 0.05) is 30.2 Å². The number of nitrogens with two attached hydrogens (primary N) is 1. The molecule has 5 heteroatoms. The van der Waals surface area contributed by atoms with E-state index in [1.807, 2.05) is 24.4 Å². The number of nitrogens with one attached hydrogen (secondary N) is 2. The van der Waals surface area contributed by atoms with Crippen LogP contribution in [0.5, 0.6) is 0 Å². The number of hydrazine groups is 1. The van der Waals surface area contributed by atoms with Gasteiger partial charge in [-0.2, -0.15) is 0 Å². The third-order valence-corrected chi connectivity index (χ3v) is 2.99. The molecule has 0 bridgehead atoms. The van der Waals surface area contributed by atoms with Crippen molar-refractivity contribution in [2.24, 2.45) is 5.84 Å². The Labute approximate surface area is 104 Å². The largest absolute Gasteiger partial charge is 0.347 e. The summed E-state index contributed by atoms with van der Waals surface area (Å²) in [5, 5.41) is 2.20. The van der Waals surface area contributed by atoms with Crippen molar-refractivity contribution in [1.29, 1.82) is 0 Å². The zero-order valence-electron chi connectivity index (χ0n) is 9.67. The summed E-state index contributed by atoms with van der Waals surface area (Å²) in [7, 11) is 0. The second kappa shape index (κ2) is 4.56. The van der Waals surface area contributed by atoms with E-state index >= 15 is 0 Å². The second-order valence-electron chi connectivity index (χ2n) is 4.02. The minimum atomic E-state index is -0.173. The average molecular weight is 239 g/mol. The Bertz CT molecular complexity index is 642.